The van der Waals surface area contributed by atoms with Crippen molar-refractivity contribution in [1.29, 1.82) is 0 Å². The highest BCUT2D eigenvalue weighted by molar-refractivity contribution is 6.20. The van der Waals surface area contributed by atoms with Gasteiger partial charge in [-0.2, -0.15) is 0 Å². The molecular weight excluding hydrogens is 196 g/mol. The van der Waals surface area contributed by atoms with Crippen molar-refractivity contribution in [1.82, 2.24) is 0 Å². The fourth-order valence-corrected chi connectivity index (χ4v) is 1.62. The van der Waals surface area contributed by atoms with E-state index in [9.17, 15) is 4.79 Å². The molecule has 16 heavy (non-hydrogen) atoms. The second kappa shape index (κ2) is 4.96. The third kappa shape index (κ3) is 2.71. The number of hydrogen-bond acceptors (Lipinski definition) is 1. The van der Waals surface area contributed by atoms with Crippen LogP contribution in [0.1, 0.15) is 38.2 Å². The maximum absolute atomic E-state index is 12.0. The Balaban J connectivity index is 2.37. The van der Waals surface area contributed by atoms with Gasteiger partial charge in [-0.05, 0) is 30.4 Å². The minimum atomic E-state index is 0.216. The van der Waals surface area contributed by atoms with Gasteiger partial charge in [0.2, 0.25) is 0 Å². The van der Waals surface area contributed by atoms with E-state index in [1.54, 1.807) is 0 Å². The molecule has 0 amide bonds. The Bertz CT molecular complexity index is 442. The summed E-state index contributed by atoms with van der Waals surface area (Å²) in [4.78, 5) is 12.0. The highest BCUT2D eigenvalue weighted by atomic mass is 16.1. The molecule has 82 valence electrons. The van der Waals surface area contributed by atoms with Crippen molar-refractivity contribution in [3.05, 3.63) is 47.2 Å². The maximum atomic E-state index is 12.0. The average Bonchev–Trinajstić information content (AvgIpc) is 3.11. The Morgan fingerprint density at radius 1 is 1.25 bits per heavy atom. The molecule has 0 aliphatic heterocycles. The van der Waals surface area contributed by atoms with Crippen molar-refractivity contribution >= 4 is 11.4 Å². The van der Waals surface area contributed by atoms with E-state index in [-0.39, 0.29) is 5.78 Å². The number of rotatable bonds is 4. The third-order valence-electron chi connectivity index (χ3n) is 2.62. The summed E-state index contributed by atoms with van der Waals surface area (Å²) in [6.07, 6.45) is 3.72. The minimum absolute atomic E-state index is 0.216. The number of ketones is 1. The molecule has 1 nitrogen and oxygen atoms in total. The van der Waals surface area contributed by atoms with E-state index in [0.717, 1.165) is 30.4 Å². The van der Waals surface area contributed by atoms with E-state index < -0.39 is 0 Å². The second-order valence-corrected chi connectivity index (χ2v) is 4.14. The van der Waals surface area contributed by atoms with Gasteiger partial charge in [0.05, 0.1) is 5.57 Å². The summed E-state index contributed by atoms with van der Waals surface area (Å²) in [7, 11) is 0. The molecule has 0 bridgehead atoms. The largest absolute Gasteiger partial charge is 0.293 e. The molecule has 1 aromatic rings. The molecule has 0 aromatic heterocycles. The van der Waals surface area contributed by atoms with Gasteiger partial charge in [0.25, 0.3) is 0 Å². The number of hydrogen-bond donors (Lipinski definition) is 0. The van der Waals surface area contributed by atoms with Gasteiger partial charge < -0.3 is 0 Å². The number of carbonyl (C=O) groups is 1. The van der Waals surface area contributed by atoms with Crippen LogP contribution in [-0.2, 0) is 4.79 Å². The lowest BCUT2D eigenvalue weighted by Crippen LogP contribution is -2.00. The normalized spacial score (nSPS) is 13.2. The summed E-state index contributed by atoms with van der Waals surface area (Å²) in [6, 6.07) is 9.87. The van der Waals surface area contributed by atoms with Crippen LogP contribution in [0, 0.1) is 0 Å². The third-order valence-corrected chi connectivity index (χ3v) is 2.62. The van der Waals surface area contributed by atoms with Crippen LogP contribution in [0.4, 0.5) is 0 Å². The molecule has 2 rings (SSSR count). The molecule has 1 aliphatic rings. The molecule has 1 aliphatic carbocycles. The molecule has 0 saturated heterocycles. The van der Waals surface area contributed by atoms with E-state index >= 15 is 0 Å². The van der Waals surface area contributed by atoms with Gasteiger partial charge >= 0.3 is 0 Å². The van der Waals surface area contributed by atoms with Gasteiger partial charge in [-0.1, -0.05) is 37.3 Å². The second-order valence-electron chi connectivity index (χ2n) is 4.14. The molecule has 0 radical (unpaired) electrons. The number of carbonyl (C=O) groups excluding carboxylic acids is 1. The molecule has 0 unspecified atom stereocenters. The van der Waals surface area contributed by atoms with Gasteiger partial charge in [-0.3, -0.25) is 4.79 Å². The molecule has 1 saturated carbocycles. The topological polar surface area (TPSA) is 17.1 Å². The smallest absolute Gasteiger partial charge is 0.171 e. The highest BCUT2D eigenvalue weighted by Gasteiger charge is 2.15. The molecule has 1 heteroatoms. The Hall–Kier alpha value is -1.59. The van der Waals surface area contributed by atoms with E-state index in [4.69, 9.17) is 0 Å². The Morgan fingerprint density at radius 2 is 1.94 bits per heavy atom. The average molecular weight is 212 g/mol. The van der Waals surface area contributed by atoms with Crippen LogP contribution in [0.5, 0.6) is 0 Å². The zero-order valence-corrected chi connectivity index (χ0v) is 9.62. The first-order valence-corrected chi connectivity index (χ1v) is 5.88. The summed E-state index contributed by atoms with van der Waals surface area (Å²) in [5, 5.41) is 0. The predicted octanol–water partition coefficient (Wildman–Crippen LogP) is 3.76. The quantitative estimate of drug-likeness (QED) is 0.548. The zero-order chi connectivity index (χ0) is 11.4. The first-order chi connectivity index (χ1) is 7.81. The highest BCUT2D eigenvalue weighted by Crippen LogP contribution is 2.28. The Kier molecular flexibility index (Phi) is 3.38. The van der Waals surface area contributed by atoms with Gasteiger partial charge in [0, 0.05) is 6.42 Å². The zero-order valence-electron chi connectivity index (χ0n) is 9.62. The molecule has 1 aromatic carbocycles. The number of benzene rings is 1. The first kappa shape index (κ1) is 10.9. The summed E-state index contributed by atoms with van der Waals surface area (Å²) >= 11 is 0. The summed E-state index contributed by atoms with van der Waals surface area (Å²) in [5.74, 6) is 0.216. The van der Waals surface area contributed by atoms with Crippen LogP contribution in [0.2, 0.25) is 0 Å². The van der Waals surface area contributed by atoms with Gasteiger partial charge in [0.1, 0.15) is 0 Å². The number of allylic oxidation sites excluding steroid dienone is 1. The van der Waals surface area contributed by atoms with Crippen molar-refractivity contribution in [2.24, 2.45) is 0 Å². The monoisotopic (exact) mass is 212 g/mol. The van der Waals surface area contributed by atoms with E-state index in [2.05, 4.69) is 5.73 Å². The van der Waals surface area contributed by atoms with Crippen molar-refractivity contribution in [2.45, 2.75) is 32.6 Å². The number of Topliss-reactive ketones (excluding diaryl/α,β-unsaturated/α-hetero) is 1. The SMILES string of the molecule is CCCC(=O)C(=C=C1CC1)c1ccccc1. The summed E-state index contributed by atoms with van der Waals surface area (Å²) in [5.41, 5.74) is 6.33. The van der Waals surface area contributed by atoms with Crippen LogP contribution >= 0.6 is 0 Å². The van der Waals surface area contributed by atoms with Crippen LogP contribution in [0.3, 0.4) is 0 Å². The Morgan fingerprint density at radius 3 is 2.50 bits per heavy atom. The van der Waals surface area contributed by atoms with Crippen LogP contribution < -0.4 is 0 Å². The van der Waals surface area contributed by atoms with E-state index in [0.29, 0.717) is 6.42 Å². The molecule has 0 N–H and O–H groups in total. The van der Waals surface area contributed by atoms with Crippen molar-refractivity contribution < 1.29 is 4.79 Å². The lowest BCUT2D eigenvalue weighted by atomic mass is 10.00. The molecule has 0 heterocycles. The van der Waals surface area contributed by atoms with Crippen molar-refractivity contribution in [2.75, 3.05) is 0 Å². The minimum Gasteiger partial charge on any atom is -0.293 e. The Labute approximate surface area is 96.5 Å². The van der Waals surface area contributed by atoms with Gasteiger partial charge in [0.15, 0.2) is 5.78 Å². The first-order valence-electron chi connectivity index (χ1n) is 5.88. The lowest BCUT2D eigenvalue weighted by Gasteiger charge is -2.02. The van der Waals surface area contributed by atoms with E-state index in [1.807, 2.05) is 37.3 Å². The molecule has 0 spiro atoms. The summed E-state index contributed by atoms with van der Waals surface area (Å²) < 4.78 is 0. The van der Waals surface area contributed by atoms with Gasteiger partial charge in [-0.25, -0.2) is 0 Å². The van der Waals surface area contributed by atoms with Crippen molar-refractivity contribution in [3.8, 4) is 0 Å². The maximum Gasteiger partial charge on any atom is 0.171 e. The fraction of sp³-hybridized carbons (Fsp3) is 0.333. The van der Waals surface area contributed by atoms with Crippen LogP contribution in [0.25, 0.3) is 5.57 Å². The standard InChI is InChI=1S/C15H16O/c1-2-6-15(16)14(11-12-9-10-12)13-7-4-3-5-8-13/h3-5,7-8H,2,6,9-10H2,1H3. The summed E-state index contributed by atoms with van der Waals surface area (Å²) in [6.45, 7) is 2.03. The molecular formula is C15H16O. The van der Waals surface area contributed by atoms with E-state index in [1.165, 1.54) is 5.57 Å². The lowest BCUT2D eigenvalue weighted by molar-refractivity contribution is -0.113. The fourth-order valence-electron chi connectivity index (χ4n) is 1.62. The molecule has 0 atom stereocenters. The van der Waals surface area contributed by atoms with Gasteiger partial charge in [-0.15, -0.1) is 5.73 Å². The molecule has 1 fully saturated rings. The van der Waals surface area contributed by atoms with Crippen LogP contribution in [0.15, 0.2) is 41.6 Å². The predicted molar refractivity (Wildman–Crippen MR) is 66.0 cm³/mol. The van der Waals surface area contributed by atoms with Crippen molar-refractivity contribution in [3.63, 3.8) is 0 Å². The van der Waals surface area contributed by atoms with Crippen LogP contribution in [-0.4, -0.2) is 5.78 Å².